The zero-order valence-corrected chi connectivity index (χ0v) is 17.6. The number of aliphatic hydroxyl groups is 1. The molecular weight excluding hydrogens is 352 g/mol. The molecule has 0 aromatic rings. The van der Waals surface area contributed by atoms with Crippen LogP contribution in [0.4, 0.5) is 0 Å². The Bertz CT molecular complexity index is 697. The smallest absolute Gasteiger partial charge is 0.162 e. The molecule has 8 atom stereocenters. The van der Waals surface area contributed by atoms with E-state index in [1.807, 2.05) is 6.08 Å². The van der Waals surface area contributed by atoms with Crippen LogP contribution in [0, 0.1) is 40.4 Å². The zero-order chi connectivity index (χ0) is 20.3. The summed E-state index contributed by atoms with van der Waals surface area (Å²) in [7, 11) is 0. The van der Waals surface area contributed by atoms with Gasteiger partial charge in [-0.05, 0) is 98.9 Å². The third kappa shape index (κ3) is 2.89. The molecule has 4 aliphatic carbocycles. The van der Waals surface area contributed by atoms with Gasteiger partial charge in [-0.2, -0.15) is 0 Å². The van der Waals surface area contributed by atoms with Crippen molar-refractivity contribution in [3.05, 3.63) is 11.6 Å². The molecule has 0 aliphatic heterocycles. The lowest BCUT2D eigenvalue weighted by Crippen LogP contribution is -2.52. The molecule has 0 unspecified atom stereocenters. The minimum atomic E-state index is -0.991. The Morgan fingerprint density at radius 3 is 2.71 bits per heavy atom. The van der Waals surface area contributed by atoms with E-state index in [4.69, 9.17) is 0 Å². The van der Waals surface area contributed by atoms with E-state index in [0.29, 0.717) is 24.2 Å². The lowest BCUT2D eigenvalue weighted by Gasteiger charge is -2.56. The number of carbonyl (C=O) groups excluding carboxylic acids is 2. The van der Waals surface area contributed by atoms with Crippen molar-refractivity contribution < 1.29 is 19.8 Å². The Morgan fingerprint density at radius 1 is 1.25 bits per heavy atom. The summed E-state index contributed by atoms with van der Waals surface area (Å²) in [5.74, 6) is 1.14. The van der Waals surface area contributed by atoms with Crippen LogP contribution in [-0.4, -0.2) is 23.0 Å². The summed E-state index contributed by atoms with van der Waals surface area (Å²) in [5.41, 5.74) is 1.10. The van der Waals surface area contributed by atoms with Gasteiger partial charge < -0.3 is 15.0 Å². The van der Waals surface area contributed by atoms with Crippen LogP contribution in [-0.2, 0) is 9.59 Å². The number of fused-ring (bicyclic) bond motifs is 5. The van der Waals surface area contributed by atoms with Crippen LogP contribution in [0.25, 0.3) is 0 Å². The Hall–Kier alpha value is -1.16. The second-order valence-electron chi connectivity index (χ2n) is 10.7. The molecule has 28 heavy (non-hydrogen) atoms. The zero-order valence-electron chi connectivity index (χ0n) is 17.6. The fraction of sp³-hybridized carbons (Fsp3) is 0.833. The maximum Gasteiger partial charge on any atom is 0.162 e. The maximum atomic E-state index is 13.5. The third-order valence-corrected chi connectivity index (χ3v) is 9.46. The first kappa shape index (κ1) is 20.1. The number of aliphatic carboxylic acids is 1. The number of aliphatic hydroxyl groups excluding tert-OH is 1. The normalized spacial score (nSPS) is 46.2. The average molecular weight is 388 g/mol. The standard InChI is InChI=1S/C24H36O4/c1-14(4-9-22(27)28)18-7-8-19-17-6-5-15-12-16(25)10-11-23(15,2)20(17)13-21(26)24(18,19)3/h13-19,25H,4-12H2,1-3H3,(H,27,28)/p-1/t14-,15-,16+,17+,18+,19-,23-,24+/m0/s1. The van der Waals surface area contributed by atoms with Crippen molar-refractivity contribution in [2.75, 3.05) is 0 Å². The Labute approximate surface area is 168 Å². The number of allylic oxidation sites excluding steroid dienone is 2. The molecule has 4 nitrogen and oxygen atoms in total. The second-order valence-corrected chi connectivity index (χ2v) is 10.7. The van der Waals surface area contributed by atoms with E-state index in [2.05, 4.69) is 20.8 Å². The van der Waals surface area contributed by atoms with Crippen LogP contribution in [0.15, 0.2) is 11.6 Å². The number of rotatable bonds is 4. The number of hydrogen-bond donors (Lipinski definition) is 1. The fourth-order valence-corrected chi connectivity index (χ4v) is 7.78. The highest BCUT2D eigenvalue weighted by Gasteiger charge is 2.60. The first-order valence-corrected chi connectivity index (χ1v) is 11.3. The first-order valence-electron chi connectivity index (χ1n) is 11.3. The van der Waals surface area contributed by atoms with Gasteiger partial charge in [-0.15, -0.1) is 0 Å². The van der Waals surface area contributed by atoms with Gasteiger partial charge in [0.05, 0.1) is 6.10 Å². The summed E-state index contributed by atoms with van der Waals surface area (Å²) < 4.78 is 0. The predicted molar refractivity (Wildman–Crippen MR) is 105 cm³/mol. The fourth-order valence-electron chi connectivity index (χ4n) is 7.78. The minimum absolute atomic E-state index is 0.0673. The highest BCUT2D eigenvalue weighted by atomic mass is 16.4. The molecule has 0 spiro atoms. The molecule has 4 aliphatic rings. The van der Waals surface area contributed by atoms with Gasteiger partial charge in [-0.25, -0.2) is 0 Å². The molecule has 0 heterocycles. The molecule has 0 aromatic heterocycles. The highest BCUT2D eigenvalue weighted by Crippen LogP contribution is 2.65. The molecule has 4 rings (SSSR count). The number of hydrogen-bond acceptors (Lipinski definition) is 4. The lowest BCUT2D eigenvalue weighted by atomic mass is 9.48. The summed E-state index contributed by atoms with van der Waals surface area (Å²) in [6.07, 6.45) is 9.61. The molecule has 0 radical (unpaired) electrons. The van der Waals surface area contributed by atoms with Gasteiger partial charge in [-0.3, -0.25) is 4.79 Å². The van der Waals surface area contributed by atoms with Crippen LogP contribution in [0.3, 0.4) is 0 Å². The molecule has 0 saturated heterocycles. The van der Waals surface area contributed by atoms with Gasteiger partial charge in [0.15, 0.2) is 5.78 Å². The SMILES string of the molecule is C[C@@H](CCC(=O)[O-])[C@H]1CC[C@H]2[C@H]3CC[C@H]4C[C@H](O)CC[C@]4(C)C3=CC(=O)[C@]12C. The molecule has 156 valence electrons. The summed E-state index contributed by atoms with van der Waals surface area (Å²) in [5, 5.41) is 21.1. The number of carboxylic acid groups (broad SMARTS) is 1. The Morgan fingerprint density at radius 2 is 2.00 bits per heavy atom. The quantitative estimate of drug-likeness (QED) is 0.803. The van der Waals surface area contributed by atoms with Crippen molar-refractivity contribution in [3.8, 4) is 0 Å². The summed E-state index contributed by atoms with van der Waals surface area (Å²) in [6.45, 7) is 6.63. The number of carbonyl (C=O) groups is 2. The molecule has 0 bridgehead atoms. The van der Waals surface area contributed by atoms with E-state index >= 15 is 0 Å². The summed E-state index contributed by atoms with van der Waals surface area (Å²) >= 11 is 0. The van der Waals surface area contributed by atoms with Crippen molar-refractivity contribution in [3.63, 3.8) is 0 Å². The van der Waals surface area contributed by atoms with Crippen LogP contribution in [0.1, 0.15) is 78.6 Å². The summed E-state index contributed by atoms with van der Waals surface area (Å²) in [6, 6.07) is 0. The van der Waals surface area contributed by atoms with E-state index in [0.717, 1.165) is 44.9 Å². The van der Waals surface area contributed by atoms with Crippen molar-refractivity contribution in [1.29, 1.82) is 0 Å². The van der Waals surface area contributed by atoms with E-state index in [1.54, 1.807) is 0 Å². The van der Waals surface area contributed by atoms with Crippen LogP contribution < -0.4 is 5.11 Å². The topological polar surface area (TPSA) is 77.4 Å². The van der Waals surface area contributed by atoms with Crippen LogP contribution in [0.5, 0.6) is 0 Å². The van der Waals surface area contributed by atoms with Crippen molar-refractivity contribution >= 4 is 11.8 Å². The number of carboxylic acids is 1. The molecular formula is C24H35O4-. The largest absolute Gasteiger partial charge is 0.550 e. The second kappa shape index (κ2) is 6.97. The Balaban J connectivity index is 1.63. The van der Waals surface area contributed by atoms with E-state index in [9.17, 15) is 19.8 Å². The van der Waals surface area contributed by atoms with Crippen LogP contribution in [0.2, 0.25) is 0 Å². The molecule has 0 aromatic carbocycles. The molecule has 3 fully saturated rings. The molecule has 1 N–H and O–H groups in total. The van der Waals surface area contributed by atoms with E-state index in [1.165, 1.54) is 5.57 Å². The van der Waals surface area contributed by atoms with Crippen molar-refractivity contribution in [2.24, 2.45) is 40.4 Å². The lowest BCUT2D eigenvalue weighted by molar-refractivity contribution is -0.306. The van der Waals surface area contributed by atoms with Gasteiger partial charge in [0.25, 0.3) is 0 Å². The average Bonchev–Trinajstić information content (AvgIpc) is 3.00. The monoisotopic (exact) mass is 387 g/mol. The third-order valence-electron chi connectivity index (χ3n) is 9.46. The van der Waals surface area contributed by atoms with Gasteiger partial charge in [0, 0.05) is 11.4 Å². The number of ketones is 1. The van der Waals surface area contributed by atoms with Crippen molar-refractivity contribution in [2.45, 2.75) is 84.7 Å². The predicted octanol–water partition coefficient (Wildman–Crippen LogP) is 3.27. The molecule has 3 saturated carbocycles. The highest BCUT2D eigenvalue weighted by molar-refractivity contribution is 5.97. The molecule has 0 amide bonds. The first-order chi connectivity index (χ1) is 13.2. The van der Waals surface area contributed by atoms with Gasteiger partial charge in [0.1, 0.15) is 0 Å². The van der Waals surface area contributed by atoms with Crippen LogP contribution >= 0.6 is 0 Å². The van der Waals surface area contributed by atoms with Gasteiger partial charge in [0.2, 0.25) is 0 Å². The van der Waals surface area contributed by atoms with Crippen molar-refractivity contribution in [1.82, 2.24) is 0 Å². The minimum Gasteiger partial charge on any atom is -0.550 e. The van der Waals surface area contributed by atoms with E-state index in [-0.39, 0.29) is 41.0 Å². The Kier molecular flexibility index (Phi) is 5.01. The molecule has 4 heteroatoms. The van der Waals surface area contributed by atoms with E-state index < -0.39 is 5.97 Å². The van der Waals surface area contributed by atoms with Gasteiger partial charge >= 0.3 is 0 Å². The van der Waals surface area contributed by atoms with Gasteiger partial charge in [-0.1, -0.05) is 26.3 Å². The summed E-state index contributed by atoms with van der Waals surface area (Å²) in [4.78, 5) is 24.5. The maximum absolute atomic E-state index is 13.5.